The summed E-state index contributed by atoms with van der Waals surface area (Å²) in [6, 6.07) is 13.7. The van der Waals surface area contributed by atoms with E-state index in [0.717, 1.165) is 12.1 Å². The number of benzene rings is 2. The van der Waals surface area contributed by atoms with Gasteiger partial charge in [-0.05, 0) is 30.2 Å². The van der Waals surface area contributed by atoms with Gasteiger partial charge in [-0.3, -0.25) is 4.79 Å². The summed E-state index contributed by atoms with van der Waals surface area (Å²) >= 11 is 0. The van der Waals surface area contributed by atoms with E-state index in [0.29, 0.717) is 5.56 Å². The number of halogens is 3. The molecule has 0 aliphatic carbocycles. The lowest BCUT2D eigenvalue weighted by Gasteiger charge is -2.14. The Hall–Kier alpha value is -2.83. The number of alkyl halides is 3. The van der Waals surface area contributed by atoms with Crippen LogP contribution in [0.1, 0.15) is 29.5 Å². The Balaban J connectivity index is 2.11. The predicted molar refractivity (Wildman–Crippen MR) is 90.8 cm³/mol. The molecule has 0 heterocycles. The van der Waals surface area contributed by atoms with Crippen LogP contribution >= 0.6 is 0 Å². The van der Waals surface area contributed by atoms with Crippen LogP contribution in [0.25, 0.3) is 0 Å². The topological polar surface area (TPSA) is 47.9 Å². The van der Waals surface area contributed by atoms with Crippen LogP contribution in [0.2, 0.25) is 0 Å². The second-order valence-corrected chi connectivity index (χ2v) is 5.54. The Bertz CT molecular complexity index is 773. The van der Waals surface area contributed by atoms with Crippen LogP contribution in [0.5, 0.6) is 0 Å². The van der Waals surface area contributed by atoms with Gasteiger partial charge in [-0.15, -0.1) is 0 Å². The van der Waals surface area contributed by atoms with Crippen LogP contribution in [0.4, 0.5) is 13.2 Å². The fourth-order valence-corrected chi connectivity index (χ4v) is 2.31. The molecule has 26 heavy (non-hydrogen) atoms. The van der Waals surface area contributed by atoms with Crippen molar-refractivity contribution in [1.82, 2.24) is 0 Å². The average molecular weight is 365 g/mol. The number of methoxy groups -OCH3 is 1. The van der Waals surface area contributed by atoms with Gasteiger partial charge >= 0.3 is 12.1 Å². The molecule has 0 aliphatic rings. The first-order chi connectivity index (χ1) is 12.3. The summed E-state index contributed by atoms with van der Waals surface area (Å²) in [5, 5.41) is 3.84. The quantitative estimate of drug-likeness (QED) is 0.433. The fraction of sp³-hybridized carbons (Fsp3) is 0.263. The monoisotopic (exact) mass is 365 g/mol. The predicted octanol–water partition coefficient (Wildman–Crippen LogP) is 4.40. The summed E-state index contributed by atoms with van der Waals surface area (Å²) in [4.78, 5) is 17.2. The van der Waals surface area contributed by atoms with Crippen LogP contribution < -0.4 is 0 Å². The number of carbonyl (C=O) groups excluding carboxylic acids is 1. The number of hydrogen-bond acceptors (Lipinski definition) is 4. The molecule has 0 saturated heterocycles. The van der Waals surface area contributed by atoms with Crippen molar-refractivity contribution in [3.05, 3.63) is 71.3 Å². The molecule has 0 spiro atoms. The maximum absolute atomic E-state index is 12.8. The van der Waals surface area contributed by atoms with E-state index in [2.05, 4.69) is 5.16 Å². The van der Waals surface area contributed by atoms with Gasteiger partial charge in [-0.1, -0.05) is 47.6 Å². The molecule has 1 unspecified atom stereocenters. The molecule has 1 atom stereocenters. The highest BCUT2D eigenvalue weighted by Crippen LogP contribution is 2.29. The first-order valence-electron chi connectivity index (χ1n) is 7.80. The first-order valence-corrected chi connectivity index (χ1v) is 7.80. The smallest absolute Gasteiger partial charge is 0.416 e. The van der Waals surface area contributed by atoms with Crippen molar-refractivity contribution in [3.8, 4) is 0 Å². The lowest BCUT2D eigenvalue weighted by atomic mass is 10.0. The second kappa shape index (κ2) is 8.51. The first kappa shape index (κ1) is 19.5. The number of rotatable bonds is 6. The van der Waals surface area contributed by atoms with Gasteiger partial charge in [-0.25, -0.2) is 0 Å². The number of esters is 1. The minimum absolute atomic E-state index is 0.0903. The number of hydrogen-bond donors (Lipinski definition) is 0. The van der Waals surface area contributed by atoms with Gasteiger partial charge < -0.3 is 9.57 Å². The minimum Gasteiger partial charge on any atom is -0.468 e. The summed E-state index contributed by atoms with van der Waals surface area (Å²) in [6.45, 7) is 1.44. The lowest BCUT2D eigenvalue weighted by Crippen LogP contribution is -2.19. The van der Waals surface area contributed by atoms with Crippen molar-refractivity contribution in [1.29, 1.82) is 0 Å². The summed E-state index contributed by atoms with van der Waals surface area (Å²) < 4.78 is 43.1. The molecule has 0 radical (unpaired) electrons. The number of ether oxygens (including phenoxy) is 1. The van der Waals surface area contributed by atoms with Crippen molar-refractivity contribution in [2.45, 2.75) is 19.0 Å². The van der Waals surface area contributed by atoms with Crippen LogP contribution in [0.3, 0.4) is 0 Å². The number of oxime groups is 1. The molecule has 0 bridgehead atoms. The van der Waals surface area contributed by atoms with E-state index in [-0.39, 0.29) is 17.9 Å². The van der Waals surface area contributed by atoms with E-state index in [9.17, 15) is 18.0 Å². The van der Waals surface area contributed by atoms with E-state index in [4.69, 9.17) is 9.57 Å². The van der Waals surface area contributed by atoms with Crippen molar-refractivity contribution in [2.24, 2.45) is 5.16 Å². The highest BCUT2D eigenvalue weighted by atomic mass is 19.4. The number of nitrogens with zero attached hydrogens (tertiary/aromatic N) is 1. The van der Waals surface area contributed by atoms with Crippen LogP contribution in [0, 0.1) is 0 Å². The van der Waals surface area contributed by atoms with Crippen LogP contribution in [-0.4, -0.2) is 25.4 Å². The van der Waals surface area contributed by atoms with E-state index < -0.39 is 23.6 Å². The highest BCUT2D eigenvalue weighted by Gasteiger charge is 2.30. The Morgan fingerprint density at radius 3 is 2.42 bits per heavy atom. The summed E-state index contributed by atoms with van der Waals surface area (Å²) in [5.41, 5.74) is 0.495. The molecule has 2 aromatic rings. The normalized spacial score (nSPS) is 13.2. The second-order valence-electron chi connectivity index (χ2n) is 5.54. The van der Waals surface area contributed by atoms with Crippen molar-refractivity contribution < 1.29 is 27.5 Å². The molecular weight excluding hydrogens is 347 g/mol. The molecule has 2 rings (SSSR count). The van der Waals surface area contributed by atoms with Crippen LogP contribution in [0.15, 0.2) is 59.8 Å². The Kier molecular flexibility index (Phi) is 6.38. The van der Waals surface area contributed by atoms with Gasteiger partial charge in [-0.2, -0.15) is 13.2 Å². The molecule has 0 N–H and O–H groups in total. The molecule has 0 amide bonds. The van der Waals surface area contributed by atoms with E-state index >= 15 is 0 Å². The molecule has 0 fully saturated rings. The fourth-order valence-electron chi connectivity index (χ4n) is 2.31. The highest BCUT2D eigenvalue weighted by molar-refractivity contribution is 5.98. The van der Waals surface area contributed by atoms with E-state index in [1.54, 1.807) is 24.3 Å². The van der Waals surface area contributed by atoms with Gasteiger partial charge in [0, 0.05) is 0 Å². The Morgan fingerprint density at radius 1 is 1.12 bits per heavy atom. The SMILES string of the molecule is COC(=O)C(CON=C(C)c1cccc(C(F)(F)F)c1)c1ccccc1. The minimum atomic E-state index is -4.43. The zero-order valence-corrected chi connectivity index (χ0v) is 14.3. The molecule has 2 aromatic carbocycles. The number of carbonyl (C=O) groups is 1. The molecule has 7 heteroatoms. The maximum Gasteiger partial charge on any atom is 0.416 e. The molecule has 0 aliphatic heterocycles. The lowest BCUT2D eigenvalue weighted by molar-refractivity contribution is -0.144. The summed E-state index contributed by atoms with van der Waals surface area (Å²) in [6.07, 6.45) is -4.43. The van der Waals surface area contributed by atoms with Crippen molar-refractivity contribution in [3.63, 3.8) is 0 Å². The van der Waals surface area contributed by atoms with Gasteiger partial charge in [0.25, 0.3) is 0 Å². The third kappa shape index (κ3) is 5.08. The maximum atomic E-state index is 12.8. The molecule has 4 nitrogen and oxygen atoms in total. The van der Waals surface area contributed by atoms with E-state index in [1.807, 2.05) is 6.07 Å². The average Bonchev–Trinajstić information content (AvgIpc) is 2.64. The molecule has 0 aromatic heterocycles. The largest absolute Gasteiger partial charge is 0.468 e. The van der Waals surface area contributed by atoms with Gasteiger partial charge in [0.15, 0.2) is 0 Å². The van der Waals surface area contributed by atoms with Gasteiger partial charge in [0.2, 0.25) is 0 Å². The van der Waals surface area contributed by atoms with Crippen molar-refractivity contribution >= 4 is 11.7 Å². The van der Waals surface area contributed by atoms with Crippen LogP contribution in [-0.2, 0) is 20.5 Å². The molecular formula is C19H18F3NO3. The molecule has 0 saturated carbocycles. The summed E-state index contributed by atoms with van der Waals surface area (Å²) in [7, 11) is 1.27. The summed E-state index contributed by atoms with van der Waals surface area (Å²) in [5.74, 6) is -1.16. The molecule has 138 valence electrons. The van der Waals surface area contributed by atoms with Gasteiger partial charge in [0.05, 0.1) is 18.4 Å². The van der Waals surface area contributed by atoms with Gasteiger partial charge in [0.1, 0.15) is 12.5 Å². The van der Waals surface area contributed by atoms with Crippen molar-refractivity contribution in [2.75, 3.05) is 13.7 Å². The zero-order chi connectivity index (χ0) is 19.2. The standard InChI is InChI=1S/C19H18F3NO3/c1-13(15-9-6-10-16(11-15)19(20,21)22)23-26-12-17(18(24)25-2)14-7-4-3-5-8-14/h3-11,17H,12H2,1-2H3. The third-order valence-electron chi connectivity index (χ3n) is 3.74. The third-order valence-corrected chi connectivity index (χ3v) is 3.74. The Morgan fingerprint density at radius 2 is 1.81 bits per heavy atom. The Labute approximate surface area is 149 Å². The van der Waals surface area contributed by atoms with E-state index in [1.165, 1.54) is 26.2 Å². The zero-order valence-electron chi connectivity index (χ0n) is 14.3.